The molecule has 0 radical (unpaired) electrons. The summed E-state index contributed by atoms with van der Waals surface area (Å²) < 4.78 is 2.04. The van der Waals surface area contributed by atoms with Crippen molar-refractivity contribution in [2.24, 2.45) is 7.05 Å². The number of hydrogen-bond donors (Lipinski definition) is 1. The predicted octanol–water partition coefficient (Wildman–Crippen LogP) is 1.35. The molecule has 2 fully saturated rings. The molecular weight excluding hydrogens is 250 g/mol. The van der Waals surface area contributed by atoms with E-state index in [9.17, 15) is 0 Å². The van der Waals surface area contributed by atoms with Crippen LogP contribution in [0, 0.1) is 0 Å². The molecule has 0 saturated carbocycles. The van der Waals surface area contributed by atoms with Crippen LogP contribution in [0.25, 0.3) is 0 Å². The summed E-state index contributed by atoms with van der Waals surface area (Å²) in [5.41, 5.74) is 0. The number of nitrogens with zero attached hydrogens (tertiary/aromatic N) is 4. The number of fused-ring (bicyclic) bond motifs is 2. The van der Waals surface area contributed by atoms with Gasteiger partial charge in [0.15, 0.2) is 0 Å². The van der Waals surface area contributed by atoms with Gasteiger partial charge in [-0.05, 0) is 32.2 Å². The summed E-state index contributed by atoms with van der Waals surface area (Å²) in [7, 11) is 2.04. The highest BCUT2D eigenvalue weighted by molar-refractivity contribution is 4.96. The second-order valence-electron chi connectivity index (χ2n) is 6.31. The standard InChI is InChI=1S/C15H27N5/c1-3-16-12-9-13-5-4-6-14(10-12)20(13)8-7-15-18-17-11-19(15)2/h11-14,16H,3-10H2,1-2H3. The van der Waals surface area contributed by atoms with Crippen LogP contribution in [0.3, 0.4) is 0 Å². The van der Waals surface area contributed by atoms with Crippen LogP contribution in [0.4, 0.5) is 0 Å². The molecule has 2 saturated heterocycles. The summed E-state index contributed by atoms with van der Waals surface area (Å²) in [5.74, 6) is 1.11. The minimum atomic E-state index is 0.737. The van der Waals surface area contributed by atoms with Gasteiger partial charge in [-0.1, -0.05) is 13.3 Å². The zero-order chi connectivity index (χ0) is 13.9. The lowest BCUT2D eigenvalue weighted by Crippen LogP contribution is -2.56. The average Bonchev–Trinajstić information content (AvgIpc) is 2.82. The van der Waals surface area contributed by atoms with E-state index in [4.69, 9.17) is 0 Å². The Morgan fingerprint density at radius 3 is 2.65 bits per heavy atom. The van der Waals surface area contributed by atoms with Crippen LogP contribution in [0.5, 0.6) is 0 Å². The maximum absolute atomic E-state index is 4.21. The highest BCUT2D eigenvalue weighted by atomic mass is 15.3. The monoisotopic (exact) mass is 277 g/mol. The van der Waals surface area contributed by atoms with E-state index in [0.717, 1.165) is 43.5 Å². The van der Waals surface area contributed by atoms with E-state index in [1.165, 1.54) is 32.1 Å². The van der Waals surface area contributed by atoms with E-state index < -0.39 is 0 Å². The maximum Gasteiger partial charge on any atom is 0.133 e. The molecule has 112 valence electrons. The van der Waals surface area contributed by atoms with Gasteiger partial charge in [0.05, 0.1) is 0 Å². The van der Waals surface area contributed by atoms with Gasteiger partial charge < -0.3 is 9.88 Å². The Bertz CT molecular complexity index is 416. The van der Waals surface area contributed by atoms with Crippen LogP contribution in [0.1, 0.15) is 44.9 Å². The zero-order valence-electron chi connectivity index (χ0n) is 12.8. The molecule has 1 N–H and O–H groups in total. The van der Waals surface area contributed by atoms with Crippen molar-refractivity contribution in [2.75, 3.05) is 13.1 Å². The molecule has 5 nitrogen and oxygen atoms in total. The molecule has 2 aliphatic rings. The first-order chi connectivity index (χ1) is 9.78. The van der Waals surface area contributed by atoms with Crippen LogP contribution < -0.4 is 5.32 Å². The van der Waals surface area contributed by atoms with Crippen LogP contribution in [0.15, 0.2) is 6.33 Å². The number of aromatic nitrogens is 3. The van der Waals surface area contributed by atoms with Gasteiger partial charge in [0.2, 0.25) is 0 Å². The molecule has 0 spiro atoms. The maximum atomic E-state index is 4.21. The Labute approximate surface area is 121 Å². The van der Waals surface area contributed by atoms with Crippen LogP contribution in [0.2, 0.25) is 0 Å². The second kappa shape index (κ2) is 6.22. The van der Waals surface area contributed by atoms with Crippen LogP contribution >= 0.6 is 0 Å². The SMILES string of the molecule is CCNC1CC2CCCC(C1)N2CCc1nncn1C. The third-order valence-electron chi connectivity index (χ3n) is 5.02. The second-order valence-corrected chi connectivity index (χ2v) is 6.31. The Morgan fingerprint density at radius 1 is 1.30 bits per heavy atom. The Balaban J connectivity index is 1.60. The number of nitrogens with one attached hydrogen (secondary N) is 1. The molecule has 20 heavy (non-hydrogen) atoms. The van der Waals surface area contributed by atoms with Crippen molar-refractivity contribution >= 4 is 0 Å². The molecule has 0 aliphatic carbocycles. The highest BCUT2D eigenvalue weighted by Crippen LogP contribution is 2.34. The summed E-state index contributed by atoms with van der Waals surface area (Å²) in [4.78, 5) is 2.76. The Kier molecular flexibility index (Phi) is 4.36. The van der Waals surface area contributed by atoms with Crippen molar-refractivity contribution in [3.05, 3.63) is 12.2 Å². The lowest BCUT2D eigenvalue weighted by molar-refractivity contribution is 0.0254. The average molecular weight is 277 g/mol. The van der Waals surface area contributed by atoms with E-state index in [-0.39, 0.29) is 0 Å². The fraction of sp³-hybridized carbons (Fsp3) is 0.867. The molecule has 0 aromatic carbocycles. The molecule has 3 heterocycles. The van der Waals surface area contributed by atoms with Gasteiger partial charge in [-0.25, -0.2) is 0 Å². The van der Waals surface area contributed by atoms with Crippen LogP contribution in [-0.4, -0.2) is 50.9 Å². The van der Waals surface area contributed by atoms with Crippen molar-refractivity contribution in [1.29, 1.82) is 0 Å². The van der Waals surface area contributed by atoms with Crippen molar-refractivity contribution in [3.63, 3.8) is 0 Å². The Hall–Kier alpha value is -0.940. The summed E-state index contributed by atoms with van der Waals surface area (Å²) in [5, 5.41) is 11.9. The third-order valence-corrected chi connectivity index (χ3v) is 5.02. The molecule has 0 amide bonds. The Morgan fingerprint density at radius 2 is 2.05 bits per heavy atom. The van der Waals surface area contributed by atoms with Crippen molar-refractivity contribution in [2.45, 2.75) is 63.6 Å². The van der Waals surface area contributed by atoms with E-state index in [1.54, 1.807) is 6.33 Å². The first-order valence-electron chi connectivity index (χ1n) is 8.10. The van der Waals surface area contributed by atoms with E-state index >= 15 is 0 Å². The molecule has 1 aromatic heterocycles. The third kappa shape index (κ3) is 2.88. The number of piperidine rings is 2. The lowest BCUT2D eigenvalue weighted by Gasteiger charge is -2.49. The molecule has 2 unspecified atom stereocenters. The van der Waals surface area contributed by atoms with Crippen LogP contribution in [-0.2, 0) is 13.5 Å². The normalized spacial score (nSPS) is 30.6. The van der Waals surface area contributed by atoms with Gasteiger partial charge in [0, 0.05) is 38.1 Å². The minimum Gasteiger partial charge on any atom is -0.321 e. The minimum absolute atomic E-state index is 0.737. The first kappa shape index (κ1) is 14.0. The van der Waals surface area contributed by atoms with Crippen molar-refractivity contribution < 1.29 is 0 Å². The molecule has 2 aliphatic heterocycles. The predicted molar refractivity (Wildman–Crippen MR) is 79.5 cm³/mol. The molecule has 2 bridgehead atoms. The topological polar surface area (TPSA) is 46.0 Å². The highest BCUT2D eigenvalue weighted by Gasteiger charge is 2.37. The van der Waals surface area contributed by atoms with E-state index in [1.807, 2.05) is 11.6 Å². The molecule has 1 aromatic rings. The fourth-order valence-corrected chi connectivity index (χ4v) is 4.06. The molecular formula is C15H27N5. The number of hydrogen-bond acceptors (Lipinski definition) is 4. The van der Waals surface area contributed by atoms with E-state index in [0.29, 0.717) is 0 Å². The quantitative estimate of drug-likeness (QED) is 0.882. The van der Waals surface area contributed by atoms with Gasteiger partial charge in [-0.2, -0.15) is 0 Å². The van der Waals surface area contributed by atoms with E-state index in [2.05, 4.69) is 27.3 Å². The summed E-state index contributed by atoms with van der Waals surface area (Å²) in [6.07, 6.45) is 9.62. The van der Waals surface area contributed by atoms with Crippen molar-refractivity contribution in [1.82, 2.24) is 25.0 Å². The van der Waals surface area contributed by atoms with Gasteiger partial charge in [-0.3, -0.25) is 4.90 Å². The fourth-order valence-electron chi connectivity index (χ4n) is 4.06. The van der Waals surface area contributed by atoms with Gasteiger partial charge >= 0.3 is 0 Å². The number of aryl methyl sites for hydroxylation is 1. The summed E-state index contributed by atoms with van der Waals surface area (Å²) in [6, 6.07) is 2.29. The molecule has 2 atom stereocenters. The zero-order valence-corrected chi connectivity index (χ0v) is 12.8. The largest absolute Gasteiger partial charge is 0.321 e. The molecule has 3 rings (SSSR count). The van der Waals surface area contributed by atoms with Crippen molar-refractivity contribution in [3.8, 4) is 0 Å². The number of rotatable bonds is 5. The lowest BCUT2D eigenvalue weighted by atomic mass is 9.81. The van der Waals surface area contributed by atoms with Gasteiger partial charge in [0.25, 0.3) is 0 Å². The van der Waals surface area contributed by atoms with Gasteiger partial charge in [-0.15, -0.1) is 10.2 Å². The first-order valence-corrected chi connectivity index (χ1v) is 8.10. The summed E-state index contributed by atoms with van der Waals surface area (Å²) >= 11 is 0. The molecule has 5 heteroatoms. The van der Waals surface area contributed by atoms with Gasteiger partial charge in [0.1, 0.15) is 12.2 Å². The summed E-state index contributed by atoms with van der Waals surface area (Å²) in [6.45, 7) is 4.46. The smallest absolute Gasteiger partial charge is 0.133 e.